The molecule has 0 radical (unpaired) electrons. The third kappa shape index (κ3) is 3.59. The Bertz CT molecular complexity index is 910. The van der Waals surface area contributed by atoms with E-state index in [1.807, 2.05) is 66.9 Å². The second kappa shape index (κ2) is 8.13. The Morgan fingerprint density at radius 3 is 2.12 bits per heavy atom. The van der Waals surface area contributed by atoms with E-state index in [0.717, 1.165) is 10.5 Å². The second-order valence-electron chi connectivity index (χ2n) is 5.85. The Kier molecular flexibility index (Phi) is 5.87. The lowest BCUT2D eigenvalue weighted by molar-refractivity contribution is 0.395. The van der Waals surface area contributed by atoms with Crippen molar-refractivity contribution in [1.29, 1.82) is 0 Å². The predicted molar refractivity (Wildman–Crippen MR) is 109 cm³/mol. The van der Waals surface area contributed by atoms with Gasteiger partial charge in [-0.1, -0.05) is 48.5 Å². The van der Waals surface area contributed by atoms with E-state index < -0.39 is 13.0 Å². The Morgan fingerprint density at radius 2 is 1.54 bits per heavy atom. The van der Waals surface area contributed by atoms with Crippen molar-refractivity contribution in [3.8, 4) is 5.75 Å². The van der Waals surface area contributed by atoms with Crippen LogP contribution in [0.15, 0.2) is 83.8 Å². The molecule has 0 bridgehead atoms. The smallest absolute Gasteiger partial charge is 0.243 e. The van der Waals surface area contributed by atoms with Crippen LogP contribution in [-0.4, -0.2) is 18.5 Å². The van der Waals surface area contributed by atoms with Crippen molar-refractivity contribution >= 4 is 24.4 Å². The highest BCUT2D eigenvalue weighted by molar-refractivity contribution is 7.98. The molecule has 0 aliphatic carbocycles. The summed E-state index contributed by atoms with van der Waals surface area (Å²) in [7, 11) is -1.85. The molecule has 0 spiro atoms. The molecule has 0 aliphatic rings. The molecule has 134 valence electrons. The standard InChI is InChI=1S/C21H21O3PS/c1-24-25(23,17-8-4-3-5-9-17)21(19-10-6-7-11-20(19)22)16-12-14-18(26-2)15-13-16/h3-15,21-22H,1-2H3. The minimum atomic E-state index is -3.32. The molecule has 0 aliphatic heterocycles. The number of para-hydroxylation sites is 1. The molecule has 1 N–H and O–H groups in total. The topological polar surface area (TPSA) is 46.5 Å². The predicted octanol–water partition coefficient (Wildman–Crippen LogP) is 5.45. The number of rotatable bonds is 6. The van der Waals surface area contributed by atoms with Gasteiger partial charge in [0.25, 0.3) is 0 Å². The first-order chi connectivity index (χ1) is 12.6. The maximum Gasteiger partial charge on any atom is 0.243 e. The summed E-state index contributed by atoms with van der Waals surface area (Å²) in [5, 5.41) is 11.1. The molecular weight excluding hydrogens is 363 g/mol. The van der Waals surface area contributed by atoms with Crippen molar-refractivity contribution in [3.63, 3.8) is 0 Å². The number of hydrogen-bond acceptors (Lipinski definition) is 4. The van der Waals surface area contributed by atoms with Crippen LogP contribution in [0, 0.1) is 0 Å². The summed E-state index contributed by atoms with van der Waals surface area (Å²) in [6, 6.07) is 24.1. The molecule has 26 heavy (non-hydrogen) atoms. The van der Waals surface area contributed by atoms with E-state index in [-0.39, 0.29) is 5.75 Å². The highest BCUT2D eigenvalue weighted by Crippen LogP contribution is 2.62. The molecule has 3 aromatic rings. The monoisotopic (exact) mass is 384 g/mol. The summed E-state index contributed by atoms with van der Waals surface area (Å²) >= 11 is 1.65. The van der Waals surface area contributed by atoms with Crippen molar-refractivity contribution in [1.82, 2.24) is 0 Å². The van der Waals surface area contributed by atoms with Gasteiger partial charge in [0.15, 0.2) is 0 Å². The van der Waals surface area contributed by atoms with Crippen LogP contribution < -0.4 is 5.30 Å². The summed E-state index contributed by atoms with van der Waals surface area (Å²) in [5.41, 5.74) is 0.851. The zero-order valence-electron chi connectivity index (χ0n) is 14.7. The number of hydrogen-bond donors (Lipinski definition) is 1. The molecule has 3 aromatic carbocycles. The Balaban J connectivity index is 2.23. The fourth-order valence-corrected chi connectivity index (χ4v) is 5.92. The number of phenols is 1. The van der Waals surface area contributed by atoms with Crippen molar-refractivity contribution in [2.75, 3.05) is 13.4 Å². The molecule has 0 amide bonds. The summed E-state index contributed by atoms with van der Waals surface area (Å²) in [5.74, 6) is 0.111. The Labute approximate surface area is 158 Å². The van der Waals surface area contributed by atoms with E-state index in [2.05, 4.69) is 0 Å². The summed E-state index contributed by atoms with van der Waals surface area (Å²) in [6.45, 7) is 0. The normalized spacial score (nSPS) is 14.5. The van der Waals surface area contributed by atoms with Gasteiger partial charge in [0, 0.05) is 22.9 Å². The van der Waals surface area contributed by atoms with Gasteiger partial charge in [-0.25, -0.2) is 0 Å². The third-order valence-corrected chi connectivity index (χ3v) is 7.95. The largest absolute Gasteiger partial charge is 0.508 e. The zero-order chi connectivity index (χ0) is 18.6. The Hall–Kier alpha value is -2.00. The highest BCUT2D eigenvalue weighted by Gasteiger charge is 2.39. The molecular formula is C21H21O3PS. The molecule has 2 atom stereocenters. The molecule has 2 unspecified atom stereocenters. The third-order valence-electron chi connectivity index (χ3n) is 4.39. The van der Waals surface area contributed by atoms with E-state index in [9.17, 15) is 9.67 Å². The van der Waals surface area contributed by atoms with Gasteiger partial charge in [0.2, 0.25) is 7.37 Å². The maximum absolute atomic E-state index is 14.1. The summed E-state index contributed by atoms with van der Waals surface area (Å²) in [6.07, 6.45) is 2.01. The van der Waals surface area contributed by atoms with Crippen LogP contribution in [0.1, 0.15) is 16.8 Å². The average molecular weight is 384 g/mol. The minimum Gasteiger partial charge on any atom is -0.508 e. The molecule has 0 aromatic heterocycles. The SMILES string of the molecule is COP(=O)(c1ccccc1)C(c1ccc(SC)cc1)c1ccccc1O. The molecule has 5 heteroatoms. The molecule has 0 saturated heterocycles. The minimum absolute atomic E-state index is 0.111. The lowest BCUT2D eigenvalue weighted by Gasteiger charge is -2.28. The van der Waals surface area contributed by atoms with Crippen LogP contribution in [-0.2, 0) is 9.09 Å². The van der Waals surface area contributed by atoms with Crippen molar-refractivity contribution in [2.24, 2.45) is 0 Å². The molecule has 0 saturated carbocycles. The first kappa shape index (κ1) is 18.8. The quantitative estimate of drug-likeness (QED) is 0.453. The van der Waals surface area contributed by atoms with Crippen molar-refractivity contribution < 1.29 is 14.2 Å². The van der Waals surface area contributed by atoms with Crippen LogP contribution in [0.25, 0.3) is 0 Å². The van der Waals surface area contributed by atoms with Crippen molar-refractivity contribution in [3.05, 3.63) is 90.0 Å². The van der Waals surface area contributed by atoms with Gasteiger partial charge < -0.3 is 9.63 Å². The van der Waals surface area contributed by atoms with Crippen LogP contribution in [0.4, 0.5) is 0 Å². The number of benzene rings is 3. The number of phenolic OH excluding ortho intramolecular Hbond substituents is 1. The van der Waals surface area contributed by atoms with Gasteiger partial charge in [-0.15, -0.1) is 11.8 Å². The highest BCUT2D eigenvalue weighted by atomic mass is 32.2. The Morgan fingerprint density at radius 1 is 0.923 bits per heavy atom. The van der Waals surface area contributed by atoms with Crippen molar-refractivity contribution in [2.45, 2.75) is 10.6 Å². The van der Waals surface area contributed by atoms with Crippen LogP contribution in [0.3, 0.4) is 0 Å². The fraction of sp³-hybridized carbons (Fsp3) is 0.143. The lowest BCUT2D eigenvalue weighted by atomic mass is 10.0. The average Bonchev–Trinajstić information content (AvgIpc) is 2.70. The van der Waals surface area contributed by atoms with E-state index in [0.29, 0.717) is 10.9 Å². The van der Waals surface area contributed by atoms with Gasteiger partial charge in [-0.2, -0.15) is 0 Å². The lowest BCUT2D eigenvalue weighted by Crippen LogP contribution is -2.14. The van der Waals surface area contributed by atoms with E-state index >= 15 is 0 Å². The summed E-state index contributed by atoms with van der Waals surface area (Å²) < 4.78 is 19.7. The second-order valence-corrected chi connectivity index (χ2v) is 9.32. The summed E-state index contributed by atoms with van der Waals surface area (Å²) in [4.78, 5) is 1.12. The zero-order valence-corrected chi connectivity index (χ0v) is 16.4. The van der Waals surface area contributed by atoms with Crippen LogP contribution in [0.5, 0.6) is 5.75 Å². The van der Waals surface area contributed by atoms with Gasteiger partial charge >= 0.3 is 0 Å². The first-order valence-corrected chi connectivity index (χ1v) is 11.1. The van der Waals surface area contributed by atoms with E-state index in [1.165, 1.54) is 7.11 Å². The fourth-order valence-electron chi connectivity index (χ4n) is 3.06. The van der Waals surface area contributed by atoms with Crippen LogP contribution in [0.2, 0.25) is 0 Å². The number of thioether (sulfide) groups is 1. The first-order valence-electron chi connectivity index (χ1n) is 8.23. The molecule has 3 nitrogen and oxygen atoms in total. The van der Waals surface area contributed by atoms with E-state index in [4.69, 9.17) is 4.52 Å². The molecule has 0 heterocycles. The van der Waals surface area contributed by atoms with Gasteiger partial charge in [-0.3, -0.25) is 4.57 Å². The van der Waals surface area contributed by atoms with Gasteiger partial charge in [-0.05, 0) is 42.2 Å². The maximum atomic E-state index is 14.1. The molecule has 0 fully saturated rings. The number of aromatic hydroxyl groups is 1. The van der Waals surface area contributed by atoms with Crippen LogP contribution >= 0.6 is 19.1 Å². The van der Waals surface area contributed by atoms with Gasteiger partial charge in [0.1, 0.15) is 5.75 Å². The van der Waals surface area contributed by atoms with E-state index in [1.54, 1.807) is 30.0 Å². The molecule has 3 rings (SSSR count). The van der Waals surface area contributed by atoms with Gasteiger partial charge in [0.05, 0.1) is 5.66 Å².